The first-order valence-corrected chi connectivity index (χ1v) is 15.6. The van der Waals surface area contributed by atoms with Crippen LogP contribution in [0.25, 0.3) is 47.7 Å². The molecule has 0 radical (unpaired) electrons. The summed E-state index contributed by atoms with van der Waals surface area (Å²) in [6, 6.07) is 50.1. The van der Waals surface area contributed by atoms with Gasteiger partial charge in [0, 0.05) is 36.6 Å². The van der Waals surface area contributed by atoms with Crippen LogP contribution >= 0.6 is 11.3 Å². The molecular weight excluding hydrogens is 557 g/mol. The number of para-hydroxylation sites is 1. The van der Waals surface area contributed by atoms with Gasteiger partial charge in [0.1, 0.15) is 6.17 Å². The van der Waals surface area contributed by atoms with Crippen molar-refractivity contribution in [3.63, 3.8) is 0 Å². The molecule has 0 aliphatic heterocycles. The molecule has 0 fully saturated rings. The number of hydrogen-bond donors (Lipinski definition) is 2. The Morgan fingerprint density at radius 3 is 1.98 bits per heavy atom. The predicted molar refractivity (Wildman–Crippen MR) is 187 cm³/mol. The van der Waals surface area contributed by atoms with Crippen molar-refractivity contribution in [1.29, 1.82) is 0 Å². The Kier molecular flexibility index (Phi) is 6.57. The number of nitrogens with two attached hydrogens (primary N) is 2. The summed E-state index contributed by atoms with van der Waals surface area (Å²) in [7, 11) is 0. The first-order valence-electron chi connectivity index (χ1n) is 14.8. The van der Waals surface area contributed by atoms with Crippen molar-refractivity contribution in [1.82, 2.24) is 4.57 Å². The zero-order valence-corrected chi connectivity index (χ0v) is 24.8. The highest BCUT2D eigenvalue weighted by atomic mass is 32.1. The molecule has 5 heteroatoms. The lowest BCUT2D eigenvalue weighted by molar-refractivity contribution is 0.763. The average Bonchev–Trinajstić information content (AvgIpc) is 3.61. The third kappa shape index (κ3) is 4.50. The monoisotopic (exact) mass is 586 g/mol. The highest BCUT2D eigenvalue weighted by molar-refractivity contribution is 7.25. The minimum Gasteiger partial charge on any atom is -0.319 e. The first kappa shape index (κ1) is 26.5. The van der Waals surface area contributed by atoms with E-state index in [-0.39, 0.29) is 0 Å². The number of aliphatic imine (C=N–C) groups is 1. The Labute approximate surface area is 259 Å². The molecule has 0 aliphatic carbocycles. The Balaban J connectivity index is 1.24. The van der Waals surface area contributed by atoms with Crippen LogP contribution in [0.1, 0.15) is 28.9 Å². The molecule has 1 unspecified atom stereocenters. The van der Waals surface area contributed by atoms with Gasteiger partial charge in [0.05, 0.1) is 22.8 Å². The minimum atomic E-state index is -0.514. The second kappa shape index (κ2) is 10.9. The average molecular weight is 587 g/mol. The van der Waals surface area contributed by atoms with Gasteiger partial charge in [-0.3, -0.25) is 4.99 Å². The smallest absolute Gasteiger partial charge is 0.123 e. The van der Waals surface area contributed by atoms with Gasteiger partial charge >= 0.3 is 0 Å². The fraction of sp³-hybridized carbons (Fsp3) is 0.0513. The van der Waals surface area contributed by atoms with E-state index in [1.165, 1.54) is 42.0 Å². The van der Waals surface area contributed by atoms with E-state index < -0.39 is 12.2 Å². The molecule has 8 aromatic rings. The predicted octanol–water partition coefficient (Wildman–Crippen LogP) is 9.30. The third-order valence-electron chi connectivity index (χ3n) is 8.46. The molecule has 2 heterocycles. The third-order valence-corrected chi connectivity index (χ3v) is 9.60. The maximum Gasteiger partial charge on any atom is 0.123 e. The van der Waals surface area contributed by atoms with Gasteiger partial charge in [0.25, 0.3) is 0 Å². The molecular formula is C39H30N4S. The number of thiophene rings is 1. The van der Waals surface area contributed by atoms with E-state index in [0.717, 1.165) is 28.1 Å². The molecule has 4 nitrogen and oxygen atoms in total. The molecule has 0 amide bonds. The SMILES string of the molecule is NC(N=C(c1ccccc1)[C@H](N)c1ccc(-n2c3ccccc3c3cc4sc5ccccc5c4cc32)cc1)c1ccccc1. The maximum absolute atomic E-state index is 6.96. The summed E-state index contributed by atoms with van der Waals surface area (Å²) >= 11 is 1.86. The molecule has 2 atom stereocenters. The van der Waals surface area contributed by atoms with Gasteiger partial charge in [-0.25, -0.2) is 0 Å². The van der Waals surface area contributed by atoms with Crippen LogP contribution in [0.5, 0.6) is 0 Å². The standard InChI is InChI=1S/C39H30N4S/c40-37(38(26-11-3-1-4-12-26)42-39(41)27-13-5-2-6-14-27)25-19-21-28(22-20-25)43-33-17-9-7-15-29(33)31-24-36-32(23-34(31)43)30-16-8-10-18-35(30)44-36/h1-24,37,39H,40-41H2/t37-,39?/m1/s1. The van der Waals surface area contributed by atoms with Gasteiger partial charge in [-0.1, -0.05) is 109 Å². The highest BCUT2D eigenvalue weighted by Crippen LogP contribution is 2.40. The summed E-state index contributed by atoms with van der Waals surface area (Å²) in [5, 5.41) is 5.10. The molecule has 0 saturated heterocycles. The molecule has 2 aromatic heterocycles. The van der Waals surface area contributed by atoms with Crippen LogP contribution in [0.3, 0.4) is 0 Å². The van der Waals surface area contributed by atoms with Gasteiger partial charge < -0.3 is 16.0 Å². The van der Waals surface area contributed by atoms with Gasteiger partial charge in [0.15, 0.2) is 0 Å². The first-order chi connectivity index (χ1) is 21.7. The van der Waals surface area contributed by atoms with Crippen LogP contribution in [-0.4, -0.2) is 10.3 Å². The van der Waals surface area contributed by atoms with Gasteiger partial charge in [-0.05, 0) is 53.1 Å². The molecule has 0 aliphatic rings. The second-order valence-corrected chi connectivity index (χ2v) is 12.2. The van der Waals surface area contributed by atoms with Crippen molar-refractivity contribution in [2.45, 2.75) is 12.2 Å². The zero-order valence-electron chi connectivity index (χ0n) is 24.0. The van der Waals surface area contributed by atoms with Gasteiger partial charge in [-0.15, -0.1) is 11.3 Å². The number of fused-ring (bicyclic) bond motifs is 6. The second-order valence-electron chi connectivity index (χ2n) is 11.1. The van der Waals surface area contributed by atoms with E-state index in [9.17, 15) is 0 Å². The van der Waals surface area contributed by atoms with E-state index in [0.29, 0.717) is 0 Å². The Morgan fingerprint density at radius 1 is 0.545 bits per heavy atom. The molecule has 0 bridgehead atoms. The van der Waals surface area contributed by atoms with Gasteiger partial charge in [-0.2, -0.15) is 0 Å². The Morgan fingerprint density at radius 2 is 1.20 bits per heavy atom. The van der Waals surface area contributed by atoms with Crippen molar-refractivity contribution >= 4 is 59.0 Å². The summed E-state index contributed by atoms with van der Waals surface area (Å²) in [5.74, 6) is 0. The van der Waals surface area contributed by atoms with Crippen molar-refractivity contribution in [2.75, 3.05) is 0 Å². The van der Waals surface area contributed by atoms with Crippen LogP contribution in [0.15, 0.2) is 151 Å². The zero-order chi connectivity index (χ0) is 29.6. The van der Waals surface area contributed by atoms with E-state index in [2.05, 4.69) is 89.5 Å². The minimum absolute atomic E-state index is 0.448. The Hall–Kier alpha value is -5.07. The van der Waals surface area contributed by atoms with Crippen molar-refractivity contribution in [3.8, 4) is 5.69 Å². The lowest BCUT2D eigenvalue weighted by Crippen LogP contribution is -2.25. The fourth-order valence-corrected chi connectivity index (χ4v) is 7.40. The lowest BCUT2D eigenvalue weighted by atomic mass is 9.96. The molecule has 6 aromatic carbocycles. The summed E-state index contributed by atoms with van der Waals surface area (Å²) in [5.41, 5.74) is 20.6. The van der Waals surface area contributed by atoms with E-state index in [1.54, 1.807) is 0 Å². The van der Waals surface area contributed by atoms with Crippen molar-refractivity contribution < 1.29 is 0 Å². The van der Waals surface area contributed by atoms with E-state index in [1.807, 2.05) is 72.0 Å². The van der Waals surface area contributed by atoms with Crippen molar-refractivity contribution in [2.24, 2.45) is 16.5 Å². The van der Waals surface area contributed by atoms with Gasteiger partial charge in [0.2, 0.25) is 0 Å². The Bertz CT molecular complexity index is 2300. The van der Waals surface area contributed by atoms with Crippen LogP contribution in [-0.2, 0) is 0 Å². The maximum atomic E-state index is 6.96. The number of rotatable bonds is 6. The lowest BCUT2D eigenvalue weighted by Gasteiger charge is -2.19. The summed E-state index contributed by atoms with van der Waals surface area (Å²) in [6.45, 7) is 0. The van der Waals surface area contributed by atoms with Crippen LogP contribution < -0.4 is 11.5 Å². The summed E-state index contributed by atoms with van der Waals surface area (Å²) in [4.78, 5) is 4.96. The molecule has 212 valence electrons. The number of hydrogen-bond acceptors (Lipinski definition) is 4. The van der Waals surface area contributed by atoms with Crippen LogP contribution in [0.2, 0.25) is 0 Å². The quantitative estimate of drug-likeness (QED) is 0.191. The fourth-order valence-electron chi connectivity index (χ4n) is 6.27. The number of nitrogens with zero attached hydrogens (tertiary/aromatic N) is 2. The van der Waals surface area contributed by atoms with Crippen molar-refractivity contribution in [3.05, 3.63) is 162 Å². The van der Waals surface area contributed by atoms with Crippen LogP contribution in [0.4, 0.5) is 0 Å². The molecule has 44 heavy (non-hydrogen) atoms. The normalized spacial score (nSPS) is 13.6. The van der Waals surface area contributed by atoms with E-state index in [4.69, 9.17) is 16.5 Å². The number of benzene rings is 6. The topological polar surface area (TPSA) is 69.3 Å². The van der Waals surface area contributed by atoms with Crippen LogP contribution in [0, 0.1) is 0 Å². The highest BCUT2D eigenvalue weighted by Gasteiger charge is 2.19. The molecule has 4 N–H and O–H groups in total. The summed E-state index contributed by atoms with van der Waals surface area (Å²) < 4.78 is 4.99. The number of aromatic nitrogens is 1. The molecule has 0 spiro atoms. The molecule has 8 rings (SSSR count). The van der Waals surface area contributed by atoms with E-state index >= 15 is 0 Å². The summed E-state index contributed by atoms with van der Waals surface area (Å²) in [6.07, 6.45) is -0.514. The molecule has 0 saturated carbocycles. The largest absolute Gasteiger partial charge is 0.319 e.